The zero-order valence-electron chi connectivity index (χ0n) is 14.7. The lowest BCUT2D eigenvalue weighted by Gasteiger charge is -2.23. The highest BCUT2D eigenvalue weighted by molar-refractivity contribution is 5.57. The van der Waals surface area contributed by atoms with Gasteiger partial charge in [0.05, 0.1) is 12.4 Å². The third-order valence-corrected chi connectivity index (χ3v) is 4.70. The maximum Gasteiger partial charge on any atom is 0.268 e. The minimum atomic E-state index is -0.595. The summed E-state index contributed by atoms with van der Waals surface area (Å²) >= 11 is 0. The molecule has 0 atom stereocenters. The van der Waals surface area contributed by atoms with E-state index in [4.69, 9.17) is 0 Å². The van der Waals surface area contributed by atoms with Gasteiger partial charge in [-0.2, -0.15) is 5.10 Å². The van der Waals surface area contributed by atoms with E-state index in [0.717, 1.165) is 24.5 Å². The molecule has 1 aromatic heterocycles. The summed E-state index contributed by atoms with van der Waals surface area (Å²) in [5.74, 6) is -1.17. The molecule has 6 heteroatoms. The van der Waals surface area contributed by atoms with Crippen molar-refractivity contribution in [2.75, 3.05) is 0 Å². The van der Waals surface area contributed by atoms with Crippen LogP contribution >= 0.6 is 0 Å². The minimum absolute atomic E-state index is 0.208. The lowest BCUT2D eigenvalue weighted by molar-refractivity contribution is 0.181. The summed E-state index contributed by atoms with van der Waals surface area (Å²) in [7, 11) is 0. The molecule has 138 valence electrons. The molecule has 3 aromatic rings. The Morgan fingerprint density at radius 1 is 1.04 bits per heavy atom. The molecule has 1 aliphatic carbocycles. The number of hydrogen-bond donors (Lipinski definition) is 0. The van der Waals surface area contributed by atoms with Gasteiger partial charge in [-0.25, -0.2) is 13.5 Å². The number of rotatable bonds is 6. The van der Waals surface area contributed by atoms with Crippen LogP contribution < -0.4 is 5.56 Å². The Balaban J connectivity index is 1.59. The fourth-order valence-corrected chi connectivity index (χ4v) is 3.09. The molecule has 0 saturated heterocycles. The van der Waals surface area contributed by atoms with Crippen molar-refractivity contribution in [1.29, 1.82) is 0 Å². The molecule has 0 amide bonds. The van der Waals surface area contributed by atoms with Crippen molar-refractivity contribution in [3.63, 3.8) is 0 Å². The van der Waals surface area contributed by atoms with Crippen molar-refractivity contribution < 1.29 is 8.78 Å². The largest absolute Gasteiger partial charge is 0.277 e. The smallest absolute Gasteiger partial charge is 0.268 e. The Morgan fingerprint density at radius 3 is 2.52 bits per heavy atom. The third-order valence-electron chi connectivity index (χ3n) is 4.70. The molecule has 0 spiro atoms. The van der Waals surface area contributed by atoms with Gasteiger partial charge in [-0.3, -0.25) is 9.69 Å². The topological polar surface area (TPSA) is 38.1 Å². The van der Waals surface area contributed by atoms with Gasteiger partial charge >= 0.3 is 0 Å². The average molecular weight is 367 g/mol. The molecule has 4 rings (SSSR count). The Hall–Kier alpha value is -2.86. The van der Waals surface area contributed by atoms with Gasteiger partial charge in [-0.15, -0.1) is 0 Å². The van der Waals surface area contributed by atoms with Crippen molar-refractivity contribution in [2.45, 2.75) is 32.1 Å². The SMILES string of the molecule is O=c1ccc(-c2ccccc2)nn1CN(Cc1ccc(F)cc1F)C1CC1. The van der Waals surface area contributed by atoms with Crippen molar-refractivity contribution >= 4 is 0 Å². The predicted octanol–water partition coefficient (Wildman–Crippen LogP) is 3.81. The van der Waals surface area contributed by atoms with Crippen LogP contribution in [0.4, 0.5) is 8.78 Å². The fourth-order valence-electron chi connectivity index (χ4n) is 3.09. The predicted molar refractivity (Wildman–Crippen MR) is 98.9 cm³/mol. The van der Waals surface area contributed by atoms with Crippen LogP contribution in [0, 0.1) is 11.6 Å². The van der Waals surface area contributed by atoms with E-state index in [1.165, 1.54) is 22.9 Å². The second-order valence-corrected chi connectivity index (χ2v) is 6.78. The van der Waals surface area contributed by atoms with E-state index < -0.39 is 11.6 Å². The maximum atomic E-state index is 14.0. The molecular formula is C21H19F2N3O. The molecule has 0 unspecified atom stereocenters. The molecule has 1 fully saturated rings. The van der Waals surface area contributed by atoms with Crippen molar-refractivity contribution in [1.82, 2.24) is 14.7 Å². The highest BCUT2D eigenvalue weighted by atomic mass is 19.1. The first-order valence-electron chi connectivity index (χ1n) is 8.92. The molecule has 0 bridgehead atoms. The van der Waals surface area contributed by atoms with Crippen LogP contribution in [-0.4, -0.2) is 20.7 Å². The zero-order chi connectivity index (χ0) is 18.8. The Kier molecular flexibility index (Phi) is 4.81. The van der Waals surface area contributed by atoms with Crippen LogP contribution in [0.3, 0.4) is 0 Å². The average Bonchev–Trinajstić information content (AvgIpc) is 3.51. The van der Waals surface area contributed by atoms with Crippen LogP contribution in [0.2, 0.25) is 0 Å². The summed E-state index contributed by atoms with van der Waals surface area (Å²) in [6.07, 6.45) is 1.99. The standard InChI is InChI=1S/C21H19F2N3O/c22-17-7-6-16(19(23)12-17)13-25(18-8-9-18)14-26-21(27)11-10-20(24-26)15-4-2-1-3-5-15/h1-7,10-12,18H,8-9,13-14H2. The van der Waals surface area contributed by atoms with Gasteiger partial charge in [0.15, 0.2) is 0 Å². The van der Waals surface area contributed by atoms with Gasteiger partial charge in [0.1, 0.15) is 11.6 Å². The van der Waals surface area contributed by atoms with Gasteiger partial charge in [-0.05, 0) is 25.0 Å². The van der Waals surface area contributed by atoms with Gasteiger partial charge in [0.25, 0.3) is 5.56 Å². The maximum absolute atomic E-state index is 14.0. The van der Waals surface area contributed by atoms with E-state index in [1.807, 2.05) is 35.2 Å². The summed E-state index contributed by atoms with van der Waals surface area (Å²) in [5, 5.41) is 4.48. The van der Waals surface area contributed by atoms with E-state index in [2.05, 4.69) is 5.10 Å². The van der Waals surface area contributed by atoms with Crippen LogP contribution in [0.1, 0.15) is 18.4 Å². The second-order valence-electron chi connectivity index (χ2n) is 6.78. The number of hydrogen-bond acceptors (Lipinski definition) is 3. The van der Waals surface area contributed by atoms with Crippen molar-refractivity contribution in [3.05, 3.63) is 88.2 Å². The lowest BCUT2D eigenvalue weighted by Crippen LogP contribution is -2.35. The number of benzene rings is 2. The third kappa shape index (κ3) is 4.11. The van der Waals surface area contributed by atoms with E-state index in [0.29, 0.717) is 17.8 Å². The van der Waals surface area contributed by atoms with Crippen molar-refractivity contribution in [3.8, 4) is 11.3 Å². The quantitative estimate of drug-likeness (QED) is 0.665. The normalized spacial score (nSPS) is 13.9. The van der Waals surface area contributed by atoms with Gasteiger partial charge in [0.2, 0.25) is 0 Å². The first-order valence-corrected chi connectivity index (χ1v) is 8.92. The van der Waals surface area contributed by atoms with Gasteiger partial charge in [0, 0.05) is 35.8 Å². The summed E-state index contributed by atoms with van der Waals surface area (Å²) in [4.78, 5) is 14.3. The molecule has 0 radical (unpaired) electrons. The number of nitrogens with zero attached hydrogens (tertiary/aromatic N) is 3. The fraction of sp³-hybridized carbons (Fsp3) is 0.238. The molecule has 2 aromatic carbocycles. The summed E-state index contributed by atoms with van der Waals surface area (Å²) < 4.78 is 28.6. The molecular weight excluding hydrogens is 348 g/mol. The van der Waals surface area contributed by atoms with Crippen LogP contribution in [0.15, 0.2) is 65.5 Å². The van der Waals surface area contributed by atoms with E-state index >= 15 is 0 Å². The molecule has 0 N–H and O–H groups in total. The Morgan fingerprint density at radius 2 is 1.81 bits per heavy atom. The first kappa shape index (κ1) is 17.5. The van der Waals surface area contributed by atoms with Gasteiger partial charge < -0.3 is 0 Å². The van der Waals surface area contributed by atoms with Gasteiger partial charge in [-0.1, -0.05) is 36.4 Å². The van der Waals surface area contributed by atoms with Crippen LogP contribution in [0.5, 0.6) is 0 Å². The molecule has 4 nitrogen and oxygen atoms in total. The van der Waals surface area contributed by atoms with E-state index in [9.17, 15) is 13.6 Å². The van der Waals surface area contributed by atoms with Crippen LogP contribution in [0.25, 0.3) is 11.3 Å². The zero-order valence-corrected chi connectivity index (χ0v) is 14.7. The second kappa shape index (κ2) is 7.40. The summed E-state index contributed by atoms with van der Waals surface area (Å²) in [6.45, 7) is 0.571. The van der Waals surface area contributed by atoms with Crippen molar-refractivity contribution in [2.24, 2.45) is 0 Å². The monoisotopic (exact) mass is 367 g/mol. The Bertz CT molecular complexity index is 1000. The molecule has 27 heavy (non-hydrogen) atoms. The molecule has 0 aliphatic heterocycles. The molecule has 1 saturated carbocycles. The lowest BCUT2D eigenvalue weighted by atomic mass is 10.1. The van der Waals surface area contributed by atoms with E-state index in [-0.39, 0.29) is 18.3 Å². The van der Waals surface area contributed by atoms with E-state index in [1.54, 1.807) is 6.07 Å². The molecule has 1 heterocycles. The summed E-state index contributed by atoms with van der Waals surface area (Å²) in [6, 6.07) is 16.7. The minimum Gasteiger partial charge on any atom is -0.277 e. The highest BCUT2D eigenvalue weighted by Gasteiger charge is 2.30. The highest BCUT2D eigenvalue weighted by Crippen LogP contribution is 2.29. The number of halogens is 2. The first-order chi connectivity index (χ1) is 13.1. The number of aromatic nitrogens is 2. The molecule has 1 aliphatic rings. The Labute approximate surface area is 155 Å². The van der Waals surface area contributed by atoms with Crippen LogP contribution in [-0.2, 0) is 13.2 Å². The summed E-state index contributed by atoms with van der Waals surface area (Å²) in [5.41, 5.74) is 1.84.